The van der Waals surface area contributed by atoms with Gasteiger partial charge in [0.05, 0.1) is 31.6 Å². The third-order valence-electron chi connectivity index (χ3n) is 4.49. The summed E-state index contributed by atoms with van der Waals surface area (Å²) in [5, 5.41) is 4.99. The summed E-state index contributed by atoms with van der Waals surface area (Å²) in [5.41, 5.74) is 0.875. The number of carbonyl (C=O) groups is 1. The van der Waals surface area contributed by atoms with E-state index in [1.165, 1.54) is 0 Å². The molecule has 25 heavy (non-hydrogen) atoms. The van der Waals surface area contributed by atoms with Crippen LogP contribution in [0.1, 0.15) is 31.4 Å². The Balaban J connectivity index is 1.42. The quantitative estimate of drug-likeness (QED) is 0.800. The van der Waals surface area contributed by atoms with Crippen molar-refractivity contribution in [3.63, 3.8) is 0 Å². The van der Waals surface area contributed by atoms with E-state index in [4.69, 9.17) is 14.3 Å². The molecule has 2 aliphatic rings. The highest BCUT2D eigenvalue weighted by Gasteiger charge is 2.28. The lowest BCUT2D eigenvalue weighted by atomic mass is 10.1. The van der Waals surface area contributed by atoms with Crippen LogP contribution >= 0.6 is 0 Å². The van der Waals surface area contributed by atoms with Crippen LogP contribution in [0.25, 0.3) is 0 Å². The monoisotopic (exact) mass is 349 g/mol. The van der Waals surface area contributed by atoms with Gasteiger partial charge in [-0.1, -0.05) is 6.07 Å². The lowest BCUT2D eigenvalue weighted by Crippen LogP contribution is -2.50. The first-order chi connectivity index (χ1) is 12.3. The van der Waals surface area contributed by atoms with Gasteiger partial charge in [-0.05, 0) is 31.4 Å². The predicted octanol–water partition coefficient (Wildman–Crippen LogP) is 1.29. The van der Waals surface area contributed by atoms with E-state index in [1.807, 2.05) is 23.3 Å². The molecule has 2 atom stereocenters. The van der Waals surface area contributed by atoms with Crippen molar-refractivity contribution >= 4 is 5.91 Å². The minimum absolute atomic E-state index is 0.0211. The van der Waals surface area contributed by atoms with Crippen LogP contribution in [0.4, 0.5) is 0 Å². The number of hydroxylamine groups is 2. The highest BCUT2D eigenvalue weighted by Crippen LogP contribution is 2.14. The minimum Gasteiger partial charge on any atom is -0.379 e. The van der Waals surface area contributed by atoms with Gasteiger partial charge in [0.15, 0.2) is 0 Å². The average molecular weight is 349 g/mol. The molecule has 2 fully saturated rings. The Morgan fingerprint density at radius 2 is 2.32 bits per heavy atom. The Hall–Kier alpha value is -1.54. The minimum atomic E-state index is -0.147. The SMILES string of the molecule is O=C(CCN1CCCCO1)N[C@@H]1CCOC[C@H]1OCc1ccccn1. The second-order valence-electron chi connectivity index (χ2n) is 6.43. The van der Waals surface area contributed by atoms with E-state index in [1.54, 1.807) is 6.20 Å². The second-order valence-corrected chi connectivity index (χ2v) is 6.43. The first kappa shape index (κ1) is 18.3. The van der Waals surface area contributed by atoms with Crippen LogP contribution in [0, 0.1) is 0 Å². The molecule has 3 heterocycles. The van der Waals surface area contributed by atoms with Gasteiger partial charge in [-0.2, -0.15) is 5.06 Å². The van der Waals surface area contributed by atoms with Crippen LogP contribution in [0.5, 0.6) is 0 Å². The Morgan fingerprint density at radius 1 is 1.36 bits per heavy atom. The van der Waals surface area contributed by atoms with Crippen LogP contribution in [0.2, 0.25) is 0 Å². The molecule has 138 valence electrons. The van der Waals surface area contributed by atoms with Crippen molar-refractivity contribution in [3.8, 4) is 0 Å². The molecule has 0 saturated carbocycles. The summed E-state index contributed by atoms with van der Waals surface area (Å²) in [6, 6.07) is 5.72. The van der Waals surface area contributed by atoms with Crippen molar-refractivity contribution in [2.75, 3.05) is 32.9 Å². The summed E-state index contributed by atoms with van der Waals surface area (Å²) < 4.78 is 11.5. The number of hydrogen-bond donors (Lipinski definition) is 1. The molecule has 0 radical (unpaired) electrons. The molecule has 1 aromatic heterocycles. The van der Waals surface area contributed by atoms with Crippen LogP contribution in [0.3, 0.4) is 0 Å². The number of ether oxygens (including phenoxy) is 2. The maximum Gasteiger partial charge on any atom is 0.221 e. The van der Waals surface area contributed by atoms with E-state index in [9.17, 15) is 4.79 Å². The average Bonchev–Trinajstić information content (AvgIpc) is 2.67. The normalized spacial score (nSPS) is 24.8. The van der Waals surface area contributed by atoms with Gasteiger partial charge >= 0.3 is 0 Å². The van der Waals surface area contributed by atoms with Crippen molar-refractivity contribution in [1.29, 1.82) is 0 Å². The van der Waals surface area contributed by atoms with Crippen LogP contribution in [0.15, 0.2) is 24.4 Å². The van der Waals surface area contributed by atoms with Crippen molar-refractivity contribution in [2.45, 2.75) is 44.4 Å². The third kappa shape index (κ3) is 6.04. The number of amides is 1. The molecule has 0 unspecified atom stereocenters. The van der Waals surface area contributed by atoms with Gasteiger partial charge in [0, 0.05) is 32.3 Å². The van der Waals surface area contributed by atoms with Crippen LogP contribution in [-0.2, 0) is 25.7 Å². The lowest BCUT2D eigenvalue weighted by molar-refractivity contribution is -0.181. The summed E-state index contributed by atoms with van der Waals surface area (Å²) >= 11 is 0. The van der Waals surface area contributed by atoms with Crippen molar-refractivity contribution < 1.29 is 19.1 Å². The first-order valence-corrected chi connectivity index (χ1v) is 9.08. The molecule has 0 aromatic carbocycles. The molecule has 2 saturated heterocycles. The van der Waals surface area contributed by atoms with Crippen molar-refractivity contribution in [2.24, 2.45) is 0 Å². The maximum absolute atomic E-state index is 12.3. The van der Waals surface area contributed by atoms with Gasteiger partial charge in [-0.25, -0.2) is 0 Å². The van der Waals surface area contributed by atoms with E-state index in [0.29, 0.717) is 32.8 Å². The molecule has 0 aliphatic carbocycles. The molecule has 0 spiro atoms. The Morgan fingerprint density at radius 3 is 3.12 bits per heavy atom. The number of aromatic nitrogens is 1. The first-order valence-electron chi connectivity index (χ1n) is 9.08. The fourth-order valence-corrected chi connectivity index (χ4v) is 3.05. The van der Waals surface area contributed by atoms with Gasteiger partial charge in [-0.3, -0.25) is 14.6 Å². The van der Waals surface area contributed by atoms with E-state index < -0.39 is 0 Å². The zero-order valence-electron chi connectivity index (χ0n) is 14.6. The van der Waals surface area contributed by atoms with Gasteiger partial charge in [0.1, 0.15) is 6.10 Å². The summed E-state index contributed by atoms with van der Waals surface area (Å²) in [5.74, 6) is 0.0347. The van der Waals surface area contributed by atoms with Crippen LogP contribution in [-0.4, -0.2) is 61.0 Å². The Kier molecular flexibility index (Phi) is 7.17. The molecule has 1 N–H and O–H groups in total. The third-order valence-corrected chi connectivity index (χ3v) is 4.49. The number of carbonyl (C=O) groups excluding carboxylic acids is 1. The number of rotatable bonds is 7. The standard InChI is InChI=1S/C18H27N3O4/c22-18(6-10-21-9-3-4-11-25-21)20-16-7-12-23-14-17(16)24-13-15-5-1-2-8-19-15/h1-2,5,8,16-17H,3-4,6-7,9-14H2,(H,20,22)/t16-,17-/m1/s1. The number of nitrogens with zero attached hydrogens (tertiary/aromatic N) is 2. The molecule has 7 nitrogen and oxygen atoms in total. The highest BCUT2D eigenvalue weighted by molar-refractivity contribution is 5.76. The predicted molar refractivity (Wildman–Crippen MR) is 91.6 cm³/mol. The second kappa shape index (κ2) is 9.82. The fourth-order valence-electron chi connectivity index (χ4n) is 3.05. The van der Waals surface area contributed by atoms with Gasteiger partial charge in [0.25, 0.3) is 0 Å². The van der Waals surface area contributed by atoms with E-state index in [0.717, 1.165) is 38.1 Å². The fraction of sp³-hybridized carbons (Fsp3) is 0.667. The summed E-state index contributed by atoms with van der Waals surface area (Å²) in [6.07, 6.45) is 5.03. The number of nitrogens with one attached hydrogen (secondary N) is 1. The summed E-state index contributed by atoms with van der Waals surface area (Å²) in [4.78, 5) is 22.1. The highest BCUT2D eigenvalue weighted by atomic mass is 16.7. The molecule has 7 heteroatoms. The van der Waals surface area contributed by atoms with Crippen molar-refractivity contribution in [1.82, 2.24) is 15.4 Å². The maximum atomic E-state index is 12.3. The molecule has 3 rings (SSSR count). The topological polar surface area (TPSA) is 72.9 Å². The molecular weight excluding hydrogens is 322 g/mol. The Labute approximate surface area is 148 Å². The Bertz CT molecular complexity index is 522. The van der Waals surface area contributed by atoms with Gasteiger partial charge in [0.2, 0.25) is 5.91 Å². The smallest absolute Gasteiger partial charge is 0.221 e. The summed E-state index contributed by atoms with van der Waals surface area (Å²) in [6.45, 7) is 3.85. The molecule has 2 aliphatic heterocycles. The zero-order chi connectivity index (χ0) is 17.3. The van der Waals surface area contributed by atoms with Crippen molar-refractivity contribution in [3.05, 3.63) is 30.1 Å². The molecule has 1 amide bonds. The van der Waals surface area contributed by atoms with Crippen LogP contribution < -0.4 is 5.32 Å². The summed E-state index contributed by atoms with van der Waals surface area (Å²) in [7, 11) is 0. The molecule has 0 bridgehead atoms. The molecular formula is C18H27N3O4. The largest absolute Gasteiger partial charge is 0.379 e. The lowest BCUT2D eigenvalue weighted by Gasteiger charge is -2.32. The van der Waals surface area contributed by atoms with Gasteiger partial charge in [-0.15, -0.1) is 0 Å². The zero-order valence-corrected chi connectivity index (χ0v) is 14.6. The number of pyridine rings is 1. The van der Waals surface area contributed by atoms with Gasteiger partial charge < -0.3 is 14.8 Å². The van der Waals surface area contributed by atoms with E-state index in [2.05, 4.69) is 10.3 Å². The molecule has 1 aromatic rings. The van der Waals surface area contributed by atoms with E-state index in [-0.39, 0.29) is 18.1 Å². The number of hydrogen-bond acceptors (Lipinski definition) is 6. The van der Waals surface area contributed by atoms with E-state index >= 15 is 0 Å².